The van der Waals surface area contributed by atoms with E-state index in [0.29, 0.717) is 5.69 Å². The van der Waals surface area contributed by atoms with E-state index in [1.54, 1.807) is 0 Å². The van der Waals surface area contributed by atoms with Crippen molar-refractivity contribution in [2.24, 2.45) is 0 Å². The van der Waals surface area contributed by atoms with Crippen molar-refractivity contribution in [3.63, 3.8) is 0 Å². The second-order valence-corrected chi connectivity index (χ2v) is 3.25. The van der Waals surface area contributed by atoms with Gasteiger partial charge in [0.15, 0.2) is 0 Å². The summed E-state index contributed by atoms with van der Waals surface area (Å²) in [6.07, 6.45) is -2.59. The summed E-state index contributed by atoms with van der Waals surface area (Å²) in [5.41, 5.74) is 5.88. The van der Waals surface area contributed by atoms with Gasteiger partial charge in [-0.15, -0.1) is 0 Å². The van der Waals surface area contributed by atoms with Crippen LogP contribution in [0.25, 0.3) is 0 Å². The molecule has 0 aliphatic heterocycles. The molecule has 6 heteroatoms. The van der Waals surface area contributed by atoms with Gasteiger partial charge in [0.1, 0.15) is 0 Å². The molecular formula is C9H9ClF2N2O. The molecule has 0 unspecified atom stereocenters. The Labute approximate surface area is 90.2 Å². The molecule has 0 aliphatic rings. The van der Waals surface area contributed by atoms with Gasteiger partial charge in [-0.05, 0) is 18.2 Å². The van der Waals surface area contributed by atoms with Crippen molar-refractivity contribution in [1.29, 1.82) is 0 Å². The van der Waals surface area contributed by atoms with Crippen LogP contribution in [0.5, 0.6) is 0 Å². The first kappa shape index (κ1) is 11.7. The topological polar surface area (TPSA) is 55.1 Å². The molecule has 0 bridgehead atoms. The summed E-state index contributed by atoms with van der Waals surface area (Å²) in [5, 5.41) is 2.21. The van der Waals surface area contributed by atoms with Crippen molar-refractivity contribution in [2.75, 3.05) is 12.3 Å². The maximum Gasteiger partial charge on any atom is 0.255 e. The first-order valence-corrected chi connectivity index (χ1v) is 4.50. The number of anilines is 1. The molecule has 3 nitrogen and oxygen atoms in total. The third kappa shape index (κ3) is 3.36. The molecule has 0 heterocycles. The van der Waals surface area contributed by atoms with E-state index in [1.165, 1.54) is 18.2 Å². The maximum absolute atomic E-state index is 11.8. The normalized spacial score (nSPS) is 10.4. The van der Waals surface area contributed by atoms with Crippen molar-refractivity contribution >= 4 is 23.2 Å². The van der Waals surface area contributed by atoms with Crippen LogP contribution in [0.15, 0.2) is 18.2 Å². The van der Waals surface area contributed by atoms with E-state index in [-0.39, 0.29) is 10.6 Å². The standard InChI is InChI=1S/C9H9ClF2N2O/c10-7-2-1-5(13)3-6(7)9(15)14-4-8(11)12/h1-3,8H,4,13H2,(H,14,15). The molecular weight excluding hydrogens is 226 g/mol. The molecule has 1 amide bonds. The van der Waals surface area contributed by atoms with Crippen molar-refractivity contribution in [3.8, 4) is 0 Å². The fraction of sp³-hybridized carbons (Fsp3) is 0.222. The van der Waals surface area contributed by atoms with E-state index >= 15 is 0 Å². The van der Waals surface area contributed by atoms with Crippen LogP contribution in [0.3, 0.4) is 0 Å². The number of nitrogens with two attached hydrogens (primary N) is 1. The van der Waals surface area contributed by atoms with Crippen molar-refractivity contribution in [3.05, 3.63) is 28.8 Å². The summed E-state index contributed by atoms with van der Waals surface area (Å²) in [7, 11) is 0. The molecule has 0 atom stereocenters. The van der Waals surface area contributed by atoms with Gasteiger partial charge < -0.3 is 11.1 Å². The number of hydrogen-bond donors (Lipinski definition) is 2. The van der Waals surface area contributed by atoms with Gasteiger partial charge in [-0.25, -0.2) is 8.78 Å². The molecule has 0 aromatic heterocycles. The lowest BCUT2D eigenvalue weighted by atomic mass is 10.2. The number of carbonyl (C=O) groups is 1. The zero-order valence-electron chi connectivity index (χ0n) is 7.64. The Bertz CT molecular complexity index is 371. The first-order valence-electron chi connectivity index (χ1n) is 4.12. The van der Waals surface area contributed by atoms with Crippen LogP contribution < -0.4 is 11.1 Å². The Kier molecular flexibility index (Phi) is 3.85. The lowest BCUT2D eigenvalue weighted by Gasteiger charge is -2.06. The fourth-order valence-corrected chi connectivity index (χ4v) is 1.19. The van der Waals surface area contributed by atoms with Gasteiger partial charge in [-0.2, -0.15) is 0 Å². The van der Waals surface area contributed by atoms with Gasteiger partial charge >= 0.3 is 0 Å². The maximum atomic E-state index is 11.8. The van der Waals surface area contributed by atoms with Crippen LogP contribution in [-0.2, 0) is 0 Å². The highest BCUT2D eigenvalue weighted by atomic mass is 35.5. The average Bonchev–Trinajstić information content (AvgIpc) is 2.18. The van der Waals surface area contributed by atoms with Crippen molar-refractivity contribution in [2.45, 2.75) is 6.43 Å². The highest BCUT2D eigenvalue weighted by molar-refractivity contribution is 6.34. The van der Waals surface area contributed by atoms with Crippen LogP contribution in [0, 0.1) is 0 Å². The van der Waals surface area contributed by atoms with Gasteiger partial charge in [-0.1, -0.05) is 11.6 Å². The number of amides is 1. The minimum atomic E-state index is -2.59. The highest BCUT2D eigenvalue weighted by Gasteiger charge is 2.12. The Morgan fingerprint density at radius 3 is 2.80 bits per heavy atom. The highest BCUT2D eigenvalue weighted by Crippen LogP contribution is 2.18. The van der Waals surface area contributed by atoms with E-state index in [2.05, 4.69) is 0 Å². The molecule has 0 saturated carbocycles. The summed E-state index contributed by atoms with van der Waals surface area (Å²) in [4.78, 5) is 11.3. The predicted molar refractivity (Wildman–Crippen MR) is 54.2 cm³/mol. The largest absolute Gasteiger partial charge is 0.399 e. The average molecular weight is 235 g/mol. The molecule has 1 rings (SSSR count). The number of benzene rings is 1. The minimum Gasteiger partial charge on any atom is -0.399 e. The molecule has 0 fully saturated rings. The van der Waals surface area contributed by atoms with Gasteiger partial charge in [0.25, 0.3) is 12.3 Å². The van der Waals surface area contributed by atoms with Gasteiger partial charge in [0.05, 0.1) is 17.1 Å². The molecule has 82 valence electrons. The predicted octanol–water partition coefficient (Wildman–Crippen LogP) is 1.92. The zero-order valence-corrected chi connectivity index (χ0v) is 8.39. The Balaban J connectivity index is 2.77. The number of hydrogen-bond acceptors (Lipinski definition) is 2. The monoisotopic (exact) mass is 234 g/mol. The SMILES string of the molecule is Nc1ccc(Cl)c(C(=O)NCC(F)F)c1. The number of alkyl halides is 2. The molecule has 0 radical (unpaired) electrons. The number of nitrogens with one attached hydrogen (secondary N) is 1. The van der Waals surface area contributed by atoms with Gasteiger partial charge in [0.2, 0.25) is 0 Å². The Morgan fingerprint density at radius 2 is 2.20 bits per heavy atom. The molecule has 0 spiro atoms. The van der Waals surface area contributed by atoms with Gasteiger partial charge in [-0.3, -0.25) is 4.79 Å². The zero-order chi connectivity index (χ0) is 11.4. The third-order valence-electron chi connectivity index (χ3n) is 1.65. The summed E-state index contributed by atoms with van der Waals surface area (Å²) in [5.74, 6) is -0.660. The summed E-state index contributed by atoms with van der Waals surface area (Å²) in [6, 6.07) is 4.30. The number of carbonyl (C=O) groups excluding carboxylic acids is 1. The Morgan fingerprint density at radius 1 is 1.53 bits per heavy atom. The summed E-state index contributed by atoms with van der Waals surface area (Å²) >= 11 is 5.70. The van der Waals surface area contributed by atoms with Crippen LogP contribution >= 0.6 is 11.6 Å². The van der Waals surface area contributed by atoms with Crippen LogP contribution in [0.1, 0.15) is 10.4 Å². The van der Waals surface area contributed by atoms with Crippen LogP contribution in [0.2, 0.25) is 5.02 Å². The second-order valence-electron chi connectivity index (χ2n) is 2.84. The van der Waals surface area contributed by atoms with E-state index in [4.69, 9.17) is 17.3 Å². The molecule has 0 saturated heterocycles. The second kappa shape index (κ2) is 4.93. The number of nitrogen functional groups attached to an aromatic ring is 1. The lowest BCUT2D eigenvalue weighted by Crippen LogP contribution is -2.28. The van der Waals surface area contributed by atoms with E-state index in [0.717, 1.165) is 0 Å². The fourth-order valence-electron chi connectivity index (χ4n) is 0.982. The van der Waals surface area contributed by atoms with Crippen molar-refractivity contribution in [1.82, 2.24) is 5.32 Å². The lowest BCUT2D eigenvalue weighted by molar-refractivity contribution is 0.0892. The molecule has 3 N–H and O–H groups in total. The number of rotatable bonds is 3. The molecule has 0 aliphatic carbocycles. The summed E-state index contributed by atoms with van der Waals surface area (Å²) < 4.78 is 23.6. The smallest absolute Gasteiger partial charge is 0.255 e. The molecule has 15 heavy (non-hydrogen) atoms. The molecule has 1 aromatic carbocycles. The third-order valence-corrected chi connectivity index (χ3v) is 1.98. The first-order chi connectivity index (χ1) is 7.00. The van der Waals surface area contributed by atoms with Crippen LogP contribution in [0.4, 0.5) is 14.5 Å². The van der Waals surface area contributed by atoms with E-state index in [9.17, 15) is 13.6 Å². The number of halogens is 3. The Hall–Kier alpha value is -1.36. The molecule has 1 aromatic rings. The minimum absolute atomic E-state index is 0.0947. The van der Waals surface area contributed by atoms with E-state index in [1.807, 2.05) is 5.32 Å². The van der Waals surface area contributed by atoms with Crippen LogP contribution in [-0.4, -0.2) is 18.9 Å². The van der Waals surface area contributed by atoms with E-state index < -0.39 is 18.9 Å². The quantitative estimate of drug-likeness (QED) is 0.785. The van der Waals surface area contributed by atoms with Crippen molar-refractivity contribution < 1.29 is 13.6 Å². The summed E-state index contributed by atoms with van der Waals surface area (Å²) in [6.45, 7) is -0.704. The van der Waals surface area contributed by atoms with Gasteiger partial charge in [0, 0.05) is 5.69 Å².